The largest absolute Gasteiger partial charge is 0.473 e. The van der Waals surface area contributed by atoms with Crippen molar-refractivity contribution in [3.63, 3.8) is 0 Å². The fraction of sp³-hybridized carbons (Fsp3) is 0.800. The Kier molecular flexibility index (Phi) is 6.80. The van der Waals surface area contributed by atoms with E-state index in [4.69, 9.17) is 24.5 Å². The number of hydrogen-bond donors (Lipinski definition) is 3. The van der Waals surface area contributed by atoms with Crippen LogP contribution in [0.2, 0.25) is 0 Å². The Morgan fingerprint density at radius 1 is 1.09 bits per heavy atom. The first kappa shape index (κ1) is 19.2. The molecule has 8 heteroatoms. The average molecular weight is 330 g/mol. The molecule has 23 heavy (non-hydrogen) atoms. The van der Waals surface area contributed by atoms with Crippen LogP contribution in [0.4, 0.5) is 4.79 Å². The Morgan fingerprint density at radius 2 is 1.65 bits per heavy atom. The molecule has 2 atom stereocenters. The van der Waals surface area contributed by atoms with Gasteiger partial charge in [0, 0.05) is 13.1 Å². The van der Waals surface area contributed by atoms with Crippen LogP contribution in [0, 0.1) is 11.8 Å². The van der Waals surface area contributed by atoms with Gasteiger partial charge in [-0.1, -0.05) is 0 Å². The van der Waals surface area contributed by atoms with Gasteiger partial charge >= 0.3 is 18.0 Å². The maximum atomic E-state index is 12.0. The number of carboxylic acids is 2. The number of likely N-dealkylation sites (tertiary alicyclic amines) is 1. The molecule has 0 saturated carbocycles. The highest BCUT2D eigenvalue weighted by Gasteiger charge is 2.33. The van der Waals surface area contributed by atoms with E-state index in [0.717, 1.165) is 38.5 Å². The first-order chi connectivity index (χ1) is 10.6. The third-order valence-corrected chi connectivity index (χ3v) is 3.77. The van der Waals surface area contributed by atoms with Gasteiger partial charge in [0.2, 0.25) is 0 Å². The Balaban J connectivity index is 0.000000379. The van der Waals surface area contributed by atoms with E-state index in [0.29, 0.717) is 5.92 Å². The van der Waals surface area contributed by atoms with Crippen LogP contribution >= 0.6 is 0 Å². The fourth-order valence-corrected chi connectivity index (χ4v) is 2.75. The molecule has 2 aliphatic rings. The lowest BCUT2D eigenvalue weighted by Gasteiger charge is -2.28. The Morgan fingerprint density at radius 3 is 2.17 bits per heavy atom. The average Bonchev–Trinajstić information content (AvgIpc) is 2.74. The van der Waals surface area contributed by atoms with Gasteiger partial charge in [0.25, 0.3) is 0 Å². The second-order valence-electron chi connectivity index (χ2n) is 6.86. The molecule has 2 fully saturated rings. The third kappa shape index (κ3) is 6.85. The standard InChI is InChI=1S/C13H24N2O2.C2H2O4/c1-13(2,3)17-12(16)15-6-4-5-10-7-14-8-11(10)9-15;3-1(4)2(5)6/h10-11,14H,4-9H2,1-3H3;(H,3,4)(H,5,6)/t10-,11-;/m1./s1. The van der Waals surface area contributed by atoms with E-state index in [2.05, 4.69) is 5.32 Å². The predicted octanol–water partition coefficient (Wildman–Crippen LogP) is 1.01. The van der Waals surface area contributed by atoms with Gasteiger partial charge in [-0.3, -0.25) is 0 Å². The van der Waals surface area contributed by atoms with Crippen molar-refractivity contribution in [3.05, 3.63) is 0 Å². The third-order valence-electron chi connectivity index (χ3n) is 3.77. The zero-order valence-electron chi connectivity index (χ0n) is 13.9. The molecule has 0 aromatic heterocycles. The highest BCUT2D eigenvalue weighted by Crippen LogP contribution is 2.27. The summed E-state index contributed by atoms with van der Waals surface area (Å²) in [4.78, 5) is 32.1. The smallest absolute Gasteiger partial charge is 0.414 e. The topological polar surface area (TPSA) is 116 Å². The Bertz CT molecular complexity index is 434. The number of amides is 1. The first-order valence-electron chi connectivity index (χ1n) is 7.75. The van der Waals surface area contributed by atoms with Crippen molar-refractivity contribution < 1.29 is 29.3 Å². The van der Waals surface area contributed by atoms with Gasteiger partial charge in [-0.05, 0) is 58.5 Å². The lowest BCUT2D eigenvalue weighted by molar-refractivity contribution is -0.159. The van der Waals surface area contributed by atoms with Gasteiger partial charge in [0.15, 0.2) is 0 Å². The second-order valence-corrected chi connectivity index (χ2v) is 6.86. The molecule has 1 amide bonds. The Hall–Kier alpha value is -1.83. The van der Waals surface area contributed by atoms with Crippen molar-refractivity contribution in [3.8, 4) is 0 Å². The molecule has 2 saturated heterocycles. The fourth-order valence-electron chi connectivity index (χ4n) is 2.75. The summed E-state index contributed by atoms with van der Waals surface area (Å²) in [6.07, 6.45) is 2.18. The number of nitrogens with zero attached hydrogens (tertiary/aromatic N) is 1. The number of rotatable bonds is 0. The molecule has 0 aliphatic carbocycles. The zero-order valence-corrected chi connectivity index (χ0v) is 13.9. The van der Waals surface area contributed by atoms with E-state index in [1.807, 2.05) is 25.7 Å². The van der Waals surface area contributed by atoms with Crippen LogP contribution in [0.5, 0.6) is 0 Å². The lowest BCUT2D eigenvalue weighted by Crippen LogP contribution is -2.40. The van der Waals surface area contributed by atoms with Gasteiger partial charge in [-0.25, -0.2) is 14.4 Å². The van der Waals surface area contributed by atoms with Crippen LogP contribution in [0.15, 0.2) is 0 Å². The van der Waals surface area contributed by atoms with Crippen molar-refractivity contribution in [2.45, 2.75) is 39.2 Å². The molecule has 0 radical (unpaired) electrons. The van der Waals surface area contributed by atoms with Crippen molar-refractivity contribution in [2.24, 2.45) is 11.8 Å². The van der Waals surface area contributed by atoms with Gasteiger partial charge < -0.3 is 25.2 Å². The molecule has 8 nitrogen and oxygen atoms in total. The molecule has 132 valence electrons. The van der Waals surface area contributed by atoms with Crippen LogP contribution < -0.4 is 5.32 Å². The molecule has 2 heterocycles. The molecule has 0 bridgehead atoms. The van der Waals surface area contributed by atoms with Crippen molar-refractivity contribution >= 4 is 18.0 Å². The number of carboxylic acid groups (broad SMARTS) is 2. The van der Waals surface area contributed by atoms with Crippen LogP contribution in [0.3, 0.4) is 0 Å². The van der Waals surface area contributed by atoms with Crippen LogP contribution in [-0.2, 0) is 14.3 Å². The van der Waals surface area contributed by atoms with Crippen LogP contribution in [0.1, 0.15) is 33.6 Å². The number of fused-ring (bicyclic) bond motifs is 1. The summed E-state index contributed by atoms with van der Waals surface area (Å²) < 4.78 is 5.45. The van der Waals surface area contributed by atoms with Gasteiger partial charge in [0.05, 0.1) is 0 Å². The van der Waals surface area contributed by atoms with Crippen LogP contribution in [-0.4, -0.2) is 64.9 Å². The zero-order chi connectivity index (χ0) is 17.6. The molecule has 2 aliphatic heterocycles. The van der Waals surface area contributed by atoms with E-state index >= 15 is 0 Å². The van der Waals surface area contributed by atoms with E-state index in [9.17, 15) is 4.79 Å². The lowest BCUT2D eigenvalue weighted by atomic mass is 9.93. The van der Waals surface area contributed by atoms with E-state index in [-0.39, 0.29) is 6.09 Å². The molecule has 0 aromatic rings. The minimum absolute atomic E-state index is 0.148. The van der Waals surface area contributed by atoms with Gasteiger partial charge in [-0.15, -0.1) is 0 Å². The second kappa shape index (κ2) is 8.14. The minimum Gasteiger partial charge on any atom is -0.473 e. The van der Waals surface area contributed by atoms with Crippen LogP contribution in [0.25, 0.3) is 0 Å². The minimum atomic E-state index is -1.82. The van der Waals surface area contributed by atoms with Crippen molar-refractivity contribution in [2.75, 3.05) is 26.2 Å². The maximum Gasteiger partial charge on any atom is 0.414 e. The summed E-state index contributed by atoms with van der Waals surface area (Å²) in [5.41, 5.74) is -0.392. The number of ether oxygens (including phenoxy) is 1. The summed E-state index contributed by atoms with van der Waals surface area (Å²) in [6, 6.07) is 0. The molecule has 0 aromatic carbocycles. The van der Waals surface area contributed by atoms with Gasteiger partial charge in [-0.2, -0.15) is 0 Å². The predicted molar refractivity (Wildman–Crippen MR) is 82.2 cm³/mol. The number of carbonyl (C=O) groups excluding carboxylic acids is 1. The number of nitrogens with one attached hydrogen (secondary N) is 1. The highest BCUT2D eigenvalue weighted by molar-refractivity contribution is 6.27. The summed E-state index contributed by atoms with van der Waals surface area (Å²) >= 11 is 0. The summed E-state index contributed by atoms with van der Waals surface area (Å²) in [6.45, 7) is 9.62. The van der Waals surface area contributed by atoms with Crippen molar-refractivity contribution in [1.29, 1.82) is 0 Å². The SMILES string of the molecule is CC(C)(C)OC(=O)N1CCC[C@@H]2CNC[C@@H]2C1.O=C(O)C(=O)O. The summed E-state index contributed by atoms with van der Waals surface area (Å²) in [5, 5.41) is 18.2. The first-order valence-corrected chi connectivity index (χ1v) is 7.75. The summed E-state index contributed by atoms with van der Waals surface area (Å²) in [5.74, 6) is -2.28. The maximum absolute atomic E-state index is 12.0. The van der Waals surface area contributed by atoms with E-state index in [1.165, 1.54) is 6.42 Å². The molecule has 2 rings (SSSR count). The monoisotopic (exact) mass is 330 g/mol. The Labute approximate surface area is 135 Å². The molecule has 3 N–H and O–H groups in total. The molecule has 0 spiro atoms. The normalized spacial score (nSPS) is 23.9. The van der Waals surface area contributed by atoms with E-state index < -0.39 is 17.5 Å². The summed E-state index contributed by atoms with van der Waals surface area (Å²) in [7, 11) is 0. The number of aliphatic carboxylic acids is 2. The van der Waals surface area contributed by atoms with Crippen molar-refractivity contribution in [1.82, 2.24) is 10.2 Å². The quantitative estimate of drug-likeness (QED) is 0.567. The number of hydrogen-bond acceptors (Lipinski definition) is 5. The highest BCUT2D eigenvalue weighted by atomic mass is 16.6. The molecular weight excluding hydrogens is 304 g/mol. The molecule has 0 unspecified atom stereocenters. The van der Waals surface area contributed by atoms with Gasteiger partial charge in [0.1, 0.15) is 5.60 Å². The van der Waals surface area contributed by atoms with E-state index in [1.54, 1.807) is 0 Å². The molecular formula is C15H26N2O6. The number of carbonyl (C=O) groups is 3.